The minimum absolute atomic E-state index is 0.953. The van der Waals surface area contributed by atoms with Crippen molar-refractivity contribution in [3.05, 3.63) is 29.1 Å². The molecule has 0 amide bonds. The lowest BCUT2D eigenvalue weighted by Crippen LogP contribution is -1.92. The van der Waals surface area contributed by atoms with E-state index in [2.05, 4.69) is 17.8 Å². The molecular weight excluding hydrogens is 134 g/mol. The molecule has 1 rings (SSSR count). The summed E-state index contributed by atoms with van der Waals surface area (Å²) >= 11 is 0. The number of aromatic nitrogens is 1. The van der Waals surface area contributed by atoms with E-state index < -0.39 is 0 Å². The zero-order valence-electron chi connectivity index (χ0n) is 6.89. The van der Waals surface area contributed by atoms with Crippen molar-refractivity contribution in [2.45, 2.75) is 20.3 Å². The van der Waals surface area contributed by atoms with Gasteiger partial charge in [0.2, 0.25) is 0 Å². The molecule has 0 atom stereocenters. The highest BCUT2D eigenvalue weighted by Crippen LogP contribution is 2.10. The lowest BCUT2D eigenvalue weighted by molar-refractivity contribution is 1.08. The molecule has 0 saturated heterocycles. The summed E-state index contributed by atoms with van der Waals surface area (Å²) < 4.78 is 0. The summed E-state index contributed by atoms with van der Waals surface area (Å²) in [5.41, 5.74) is 3.25. The standard InChI is InChI=1S/C10H11N/c1-4-9-7-11-6-8(3)10(9)5-2/h2,6-7H,4H2,1,3H3. The van der Waals surface area contributed by atoms with Crippen LogP contribution in [0.5, 0.6) is 0 Å². The highest BCUT2D eigenvalue weighted by Gasteiger charge is 1.99. The molecule has 0 aliphatic carbocycles. The first kappa shape index (κ1) is 7.81. The normalized spacial score (nSPS) is 9.18. The van der Waals surface area contributed by atoms with E-state index >= 15 is 0 Å². The molecule has 0 unspecified atom stereocenters. The second kappa shape index (κ2) is 3.21. The molecule has 0 fully saturated rings. The predicted molar refractivity (Wildman–Crippen MR) is 46.3 cm³/mol. The van der Waals surface area contributed by atoms with E-state index in [1.165, 1.54) is 0 Å². The molecule has 0 aromatic carbocycles. The minimum atomic E-state index is 0.953. The maximum Gasteiger partial charge on any atom is 0.0334 e. The van der Waals surface area contributed by atoms with Gasteiger partial charge in [-0.3, -0.25) is 4.98 Å². The Kier molecular flexibility index (Phi) is 2.28. The molecule has 0 aliphatic rings. The number of hydrogen-bond donors (Lipinski definition) is 0. The Hall–Kier alpha value is -1.29. The van der Waals surface area contributed by atoms with Crippen LogP contribution in [0.1, 0.15) is 23.6 Å². The van der Waals surface area contributed by atoms with Crippen LogP contribution in [0, 0.1) is 19.3 Å². The first-order chi connectivity index (χ1) is 5.29. The van der Waals surface area contributed by atoms with Crippen molar-refractivity contribution in [1.29, 1.82) is 0 Å². The summed E-state index contributed by atoms with van der Waals surface area (Å²) in [5.74, 6) is 2.67. The summed E-state index contributed by atoms with van der Waals surface area (Å²) in [6.45, 7) is 4.07. The second-order valence-corrected chi connectivity index (χ2v) is 2.49. The number of rotatable bonds is 1. The van der Waals surface area contributed by atoms with Gasteiger partial charge in [0, 0.05) is 18.0 Å². The molecule has 1 heteroatoms. The van der Waals surface area contributed by atoms with Gasteiger partial charge in [0.25, 0.3) is 0 Å². The minimum Gasteiger partial charge on any atom is -0.264 e. The van der Waals surface area contributed by atoms with E-state index in [0.29, 0.717) is 0 Å². The molecule has 1 aromatic rings. The van der Waals surface area contributed by atoms with Gasteiger partial charge in [-0.1, -0.05) is 12.8 Å². The average molecular weight is 145 g/mol. The van der Waals surface area contributed by atoms with Gasteiger partial charge in [-0.25, -0.2) is 0 Å². The second-order valence-electron chi connectivity index (χ2n) is 2.49. The summed E-state index contributed by atoms with van der Waals surface area (Å²) in [6.07, 6.45) is 9.94. The molecule has 0 radical (unpaired) electrons. The van der Waals surface area contributed by atoms with E-state index in [4.69, 9.17) is 6.42 Å². The number of nitrogens with zero attached hydrogens (tertiary/aromatic N) is 1. The number of aryl methyl sites for hydroxylation is 2. The molecule has 1 nitrogen and oxygen atoms in total. The molecular formula is C10H11N. The first-order valence-corrected chi connectivity index (χ1v) is 3.69. The van der Waals surface area contributed by atoms with Crippen LogP contribution in [0.15, 0.2) is 12.4 Å². The monoisotopic (exact) mass is 145 g/mol. The lowest BCUT2D eigenvalue weighted by Gasteiger charge is -2.02. The van der Waals surface area contributed by atoms with Crippen LogP contribution in [0.4, 0.5) is 0 Å². The van der Waals surface area contributed by atoms with Gasteiger partial charge in [-0.15, -0.1) is 6.42 Å². The zero-order chi connectivity index (χ0) is 8.27. The molecule has 1 aromatic heterocycles. The zero-order valence-corrected chi connectivity index (χ0v) is 6.89. The maximum atomic E-state index is 5.35. The summed E-state index contributed by atoms with van der Waals surface area (Å²) in [4.78, 5) is 4.07. The molecule has 11 heavy (non-hydrogen) atoms. The predicted octanol–water partition coefficient (Wildman–Crippen LogP) is 1.93. The topological polar surface area (TPSA) is 12.9 Å². The number of hydrogen-bond acceptors (Lipinski definition) is 1. The Morgan fingerprint density at radius 2 is 2.27 bits per heavy atom. The third-order valence-corrected chi connectivity index (χ3v) is 1.74. The molecule has 0 spiro atoms. The van der Waals surface area contributed by atoms with E-state index in [1.807, 2.05) is 13.1 Å². The molecule has 0 aliphatic heterocycles. The quantitative estimate of drug-likeness (QED) is 0.550. The van der Waals surface area contributed by atoms with Gasteiger partial charge < -0.3 is 0 Å². The van der Waals surface area contributed by atoms with Crippen molar-refractivity contribution in [1.82, 2.24) is 4.98 Å². The van der Waals surface area contributed by atoms with Gasteiger partial charge >= 0.3 is 0 Å². The van der Waals surface area contributed by atoms with Crippen molar-refractivity contribution in [2.24, 2.45) is 0 Å². The molecule has 0 bridgehead atoms. The Morgan fingerprint density at radius 1 is 1.55 bits per heavy atom. The highest BCUT2D eigenvalue weighted by molar-refractivity contribution is 5.43. The first-order valence-electron chi connectivity index (χ1n) is 3.69. The SMILES string of the molecule is C#Cc1c(C)cncc1CC. The van der Waals surface area contributed by atoms with Crippen molar-refractivity contribution >= 4 is 0 Å². The van der Waals surface area contributed by atoms with E-state index in [-0.39, 0.29) is 0 Å². The van der Waals surface area contributed by atoms with Crippen LogP contribution in [0.3, 0.4) is 0 Å². The van der Waals surface area contributed by atoms with Crippen LogP contribution in [0.25, 0.3) is 0 Å². The maximum absolute atomic E-state index is 5.35. The average Bonchev–Trinajstić information content (AvgIpc) is 2.04. The lowest BCUT2D eigenvalue weighted by atomic mass is 10.0. The van der Waals surface area contributed by atoms with Gasteiger partial charge in [0.15, 0.2) is 0 Å². The van der Waals surface area contributed by atoms with Gasteiger partial charge in [-0.05, 0) is 24.5 Å². The van der Waals surface area contributed by atoms with Crippen LogP contribution in [-0.4, -0.2) is 4.98 Å². The van der Waals surface area contributed by atoms with Crippen molar-refractivity contribution in [2.75, 3.05) is 0 Å². The van der Waals surface area contributed by atoms with Gasteiger partial charge in [0.1, 0.15) is 0 Å². The fourth-order valence-electron chi connectivity index (χ4n) is 1.10. The Bertz CT molecular complexity index is 294. The van der Waals surface area contributed by atoms with E-state index in [0.717, 1.165) is 23.1 Å². The van der Waals surface area contributed by atoms with Crippen molar-refractivity contribution < 1.29 is 0 Å². The third kappa shape index (κ3) is 1.40. The fraction of sp³-hybridized carbons (Fsp3) is 0.300. The van der Waals surface area contributed by atoms with E-state index in [1.54, 1.807) is 6.20 Å². The van der Waals surface area contributed by atoms with E-state index in [9.17, 15) is 0 Å². The highest BCUT2D eigenvalue weighted by atomic mass is 14.6. The Morgan fingerprint density at radius 3 is 2.73 bits per heavy atom. The molecule has 0 N–H and O–H groups in total. The largest absolute Gasteiger partial charge is 0.264 e. The van der Waals surface area contributed by atoms with Gasteiger partial charge in [0.05, 0.1) is 0 Å². The van der Waals surface area contributed by atoms with Crippen LogP contribution in [0.2, 0.25) is 0 Å². The van der Waals surface area contributed by atoms with Crippen LogP contribution < -0.4 is 0 Å². The van der Waals surface area contributed by atoms with Crippen molar-refractivity contribution in [3.8, 4) is 12.3 Å². The molecule has 1 heterocycles. The Balaban J connectivity index is 3.27. The molecule has 0 saturated carbocycles. The van der Waals surface area contributed by atoms with Crippen molar-refractivity contribution in [3.63, 3.8) is 0 Å². The van der Waals surface area contributed by atoms with Crippen LogP contribution in [-0.2, 0) is 6.42 Å². The van der Waals surface area contributed by atoms with Crippen LogP contribution >= 0.6 is 0 Å². The molecule has 56 valence electrons. The van der Waals surface area contributed by atoms with Gasteiger partial charge in [-0.2, -0.15) is 0 Å². The Labute approximate surface area is 67.5 Å². The third-order valence-electron chi connectivity index (χ3n) is 1.74. The smallest absolute Gasteiger partial charge is 0.0334 e. The summed E-state index contributed by atoms with van der Waals surface area (Å²) in [5, 5.41) is 0. The fourth-order valence-corrected chi connectivity index (χ4v) is 1.10. The summed E-state index contributed by atoms with van der Waals surface area (Å²) in [6, 6.07) is 0. The summed E-state index contributed by atoms with van der Waals surface area (Å²) in [7, 11) is 0. The number of pyridine rings is 1. The number of terminal acetylenes is 1.